The Hall–Kier alpha value is -3.14. The van der Waals surface area contributed by atoms with Crippen molar-refractivity contribution >= 4 is 23.8 Å². The highest BCUT2D eigenvalue weighted by molar-refractivity contribution is 5.94. The summed E-state index contributed by atoms with van der Waals surface area (Å²) < 4.78 is 5.45. The number of aliphatic hydroxyl groups is 1. The first-order valence-corrected chi connectivity index (χ1v) is 15.6. The molecule has 10 heteroatoms. The molecule has 0 aromatic heterocycles. The molecule has 1 heterocycles. The van der Waals surface area contributed by atoms with E-state index >= 15 is 0 Å². The first-order chi connectivity index (χ1) is 20.0. The minimum atomic E-state index is -1.62. The van der Waals surface area contributed by atoms with Gasteiger partial charge in [0.25, 0.3) is 5.91 Å². The molecule has 232 valence electrons. The van der Waals surface area contributed by atoms with Gasteiger partial charge >= 0.3 is 6.09 Å². The smallest absolute Gasteiger partial charge is 0.408 e. The zero-order valence-corrected chi connectivity index (χ0v) is 25.5. The van der Waals surface area contributed by atoms with E-state index in [4.69, 9.17) is 4.74 Å². The minimum absolute atomic E-state index is 0.0444. The largest absolute Gasteiger partial charge is 0.445 e. The molecule has 2 saturated carbocycles. The van der Waals surface area contributed by atoms with Crippen LogP contribution in [0.3, 0.4) is 0 Å². The van der Waals surface area contributed by atoms with Crippen LogP contribution < -0.4 is 10.6 Å². The van der Waals surface area contributed by atoms with Crippen LogP contribution in [0.2, 0.25) is 0 Å². The van der Waals surface area contributed by atoms with Crippen molar-refractivity contribution in [1.29, 1.82) is 0 Å². The van der Waals surface area contributed by atoms with E-state index < -0.39 is 41.6 Å². The number of nitrogens with zero attached hydrogens (tertiary/aromatic N) is 2. The molecule has 10 nitrogen and oxygen atoms in total. The van der Waals surface area contributed by atoms with Crippen LogP contribution >= 0.6 is 0 Å². The molecule has 0 spiro atoms. The van der Waals surface area contributed by atoms with Crippen LogP contribution in [0.5, 0.6) is 0 Å². The van der Waals surface area contributed by atoms with Crippen molar-refractivity contribution in [2.45, 2.75) is 122 Å². The number of carbonyl (C=O) groups excluding carboxylic acids is 4. The summed E-state index contributed by atoms with van der Waals surface area (Å²) in [6.07, 6.45) is 4.94. The van der Waals surface area contributed by atoms with E-state index in [0.717, 1.165) is 50.5 Å². The Labute approximate surface area is 249 Å². The molecule has 5 atom stereocenters. The average Bonchev–Trinajstić information content (AvgIpc) is 3.70. The lowest BCUT2D eigenvalue weighted by atomic mass is 9.83. The van der Waals surface area contributed by atoms with Crippen molar-refractivity contribution in [2.75, 3.05) is 6.54 Å². The Morgan fingerprint density at radius 1 is 1.07 bits per heavy atom. The first kappa shape index (κ1) is 31.8. The number of nitrogens with one attached hydrogen (secondary N) is 2. The van der Waals surface area contributed by atoms with Crippen LogP contribution in [-0.4, -0.2) is 75.7 Å². The van der Waals surface area contributed by atoms with Gasteiger partial charge in [0.2, 0.25) is 18.0 Å². The van der Waals surface area contributed by atoms with Gasteiger partial charge in [0, 0.05) is 18.6 Å². The van der Waals surface area contributed by atoms with Crippen LogP contribution in [0.25, 0.3) is 0 Å². The number of aliphatic hydroxyl groups excluding tert-OH is 1. The lowest BCUT2D eigenvalue weighted by Gasteiger charge is -2.40. The highest BCUT2D eigenvalue weighted by Crippen LogP contribution is 2.41. The maximum atomic E-state index is 14.4. The Balaban J connectivity index is 1.56. The molecular formula is C32H48N4O6. The third-order valence-corrected chi connectivity index (χ3v) is 8.70. The van der Waals surface area contributed by atoms with Gasteiger partial charge in [0.05, 0.1) is 0 Å². The van der Waals surface area contributed by atoms with E-state index in [0.29, 0.717) is 12.8 Å². The summed E-state index contributed by atoms with van der Waals surface area (Å²) in [7, 11) is 0. The van der Waals surface area contributed by atoms with Crippen LogP contribution in [-0.2, 0) is 25.7 Å². The van der Waals surface area contributed by atoms with Gasteiger partial charge in [-0.3, -0.25) is 14.4 Å². The molecule has 4 rings (SSSR count). The van der Waals surface area contributed by atoms with Gasteiger partial charge in [0.1, 0.15) is 18.7 Å². The van der Waals surface area contributed by atoms with Gasteiger partial charge in [-0.15, -0.1) is 0 Å². The number of ether oxygens (including phenoxy) is 1. The molecule has 4 amide bonds. The van der Waals surface area contributed by atoms with Crippen molar-refractivity contribution in [3.8, 4) is 0 Å². The monoisotopic (exact) mass is 584 g/mol. The number of unbranched alkanes of at least 4 members (excludes halogenated alkanes) is 1. The normalized spacial score (nSPS) is 23.4. The lowest BCUT2D eigenvalue weighted by molar-refractivity contribution is -0.160. The Morgan fingerprint density at radius 2 is 1.76 bits per heavy atom. The molecule has 5 unspecified atom stereocenters. The van der Waals surface area contributed by atoms with Gasteiger partial charge < -0.3 is 30.3 Å². The average molecular weight is 585 g/mol. The predicted octanol–water partition coefficient (Wildman–Crippen LogP) is 3.71. The van der Waals surface area contributed by atoms with E-state index in [2.05, 4.69) is 10.6 Å². The number of likely N-dealkylation sites (tertiary alicyclic amines) is 1. The number of hydrogen-bond acceptors (Lipinski definition) is 6. The SMILES string of the molecule is CCCCN(C(=O)C1CC2CCCCC2N1C(=O)C(NC(=O)OCc1ccccc1)C(C)(C)C)C(O)C(=O)NC1CC1. The number of alkyl carbamates (subject to hydrolysis) is 1. The highest BCUT2D eigenvalue weighted by Gasteiger charge is 2.52. The molecule has 42 heavy (non-hydrogen) atoms. The third kappa shape index (κ3) is 7.82. The van der Waals surface area contributed by atoms with Crippen molar-refractivity contribution in [2.24, 2.45) is 11.3 Å². The van der Waals surface area contributed by atoms with Gasteiger partial charge in [-0.2, -0.15) is 0 Å². The van der Waals surface area contributed by atoms with E-state index in [1.165, 1.54) is 4.90 Å². The number of carbonyl (C=O) groups is 4. The molecular weight excluding hydrogens is 536 g/mol. The van der Waals surface area contributed by atoms with Gasteiger partial charge in [-0.05, 0) is 55.4 Å². The zero-order valence-electron chi connectivity index (χ0n) is 25.5. The number of fused-ring (bicyclic) bond motifs is 1. The second-order valence-corrected chi connectivity index (χ2v) is 13.2. The molecule has 1 aliphatic heterocycles. The summed E-state index contributed by atoms with van der Waals surface area (Å²) >= 11 is 0. The molecule has 3 N–H and O–H groups in total. The number of benzene rings is 1. The molecule has 0 radical (unpaired) electrons. The molecule has 0 bridgehead atoms. The molecule has 1 aromatic rings. The molecule has 3 fully saturated rings. The van der Waals surface area contributed by atoms with E-state index in [1.54, 1.807) is 4.90 Å². The highest BCUT2D eigenvalue weighted by atomic mass is 16.5. The summed E-state index contributed by atoms with van der Waals surface area (Å²) in [5, 5.41) is 16.6. The van der Waals surface area contributed by atoms with Crippen LogP contribution in [0.1, 0.15) is 91.0 Å². The Bertz CT molecular complexity index is 1100. The van der Waals surface area contributed by atoms with Gasteiger partial charge in [0.15, 0.2) is 0 Å². The van der Waals surface area contributed by atoms with Crippen LogP contribution in [0.4, 0.5) is 4.79 Å². The van der Waals surface area contributed by atoms with E-state index in [9.17, 15) is 24.3 Å². The Morgan fingerprint density at radius 3 is 2.40 bits per heavy atom. The van der Waals surface area contributed by atoms with Crippen molar-refractivity contribution in [1.82, 2.24) is 20.4 Å². The predicted molar refractivity (Wildman–Crippen MR) is 158 cm³/mol. The third-order valence-electron chi connectivity index (χ3n) is 8.70. The van der Waals surface area contributed by atoms with Gasteiger partial charge in [-0.1, -0.05) is 77.3 Å². The fourth-order valence-corrected chi connectivity index (χ4v) is 6.20. The molecule has 1 saturated heterocycles. The maximum Gasteiger partial charge on any atom is 0.408 e. The molecule has 3 aliphatic rings. The lowest BCUT2D eigenvalue weighted by Crippen LogP contribution is -2.61. The second kappa shape index (κ2) is 13.9. The second-order valence-electron chi connectivity index (χ2n) is 13.2. The van der Waals surface area contributed by atoms with Crippen molar-refractivity contribution in [3.63, 3.8) is 0 Å². The van der Waals surface area contributed by atoms with E-state index in [1.807, 2.05) is 58.0 Å². The number of rotatable bonds is 11. The zero-order chi connectivity index (χ0) is 30.4. The van der Waals surface area contributed by atoms with Crippen LogP contribution in [0, 0.1) is 11.3 Å². The number of amides is 4. The summed E-state index contributed by atoms with van der Waals surface area (Å²) in [5.74, 6) is -1.18. The van der Waals surface area contributed by atoms with E-state index in [-0.39, 0.29) is 37.1 Å². The Kier molecular flexibility index (Phi) is 10.5. The summed E-state index contributed by atoms with van der Waals surface area (Å²) in [4.78, 5) is 57.2. The summed E-state index contributed by atoms with van der Waals surface area (Å²) in [6.45, 7) is 7.89. The van der Waals surface area contributed by atoms with Crippen molar-refractivity contribution in [3.05, 3.63) is 35.9 Å². The van der Waals surface area contributed by atoms with Gasteiger partial charge in [-0.25, -0.2) is 4.79 Å². The summed E-state index contributed by atoms with van der Waals surface area (Å²) in [5.41, 5.74) is 0.160. The van der Waals surface area contributed by atoms with Crippen LogP contribution in [0.15, 0.2) is 30.3 Å². The number of hydrogen-bond donors (Lipinski definition) is 3. The van der Waals surface area contributed by atoms with Crippen molar-refractivity contribution < 1.29 is 29.0 Å². The summed E-state index contributed by atoms with van der Waals surface area (Å²) in [6, 6.07) is 7.45. The fraction of sp³-hybridized carbons (Fsp3) is 0.688. The molecule has 2 aliphatic carbocycles. The molecule has 1 aromatic carbocycles. The first-order valence-electron chi connectivity index (χ1n) is 15.6. The standard InChI is InChI=1S/C32H48N4O6/c1-5-6-18-35(30(40)27(37)33-23-16-17-23)28(38)25-19-22-14-10-11-15-24(22)36(25)29(39)26(32(2,3)4)34-31(41)42-20-21-12-8-7-9-13-21/h7-9,12-13,22-26,30,40H,5-6,10-11,14-20H2,1-4H3,(H,33,37)(H,34,41). The maximum absolute atomic E-state index is 14.4. The minimum Gasteiger partial charge on any atom is -0.445 e. The topological polar surface area (TPSA) is 128 Å². The quantitative estimate of drug-likeness (QED) is 0.340. The fourth-order valence-electron chi connectivity index (χ4n) is 6.20.